The van der Waals surface area contributed by atoms with E-state index in [-0.39, 0.29) is 11.7 Å². The molecule has 2 atom stereocenters. The van der Waals surface area contributed by atoms with E-state index in [4.69, 9.17) is 4.74 Å². The zero-order chi connectivity index (χ0) is 12.4. The monoisotopic (exact) mass is 244 g/mol. The van der Waals surface area contributed by atoms with Crippen LogP contribution in [-0.4, -0.2) is 16.8 Å². The number of ether oxygens (including phenoxy) is 1. The van der Waals surface area contributed by atoms with Crippen LogP contribution in [0.5, 0.6) is 0 Å². The third kappa shape index (κ3) is 2.05. The Kier molecular flexibility index (Phi) is 3.13. The number of hydrogen-bond acceptors (Lipinski definition) is 2. The summed E-state index contributed by atoms with van der Waals surface area (Å²) in [6, 6.07) is 10.2. The molecule has 1 saturated carbocycles. The molecule has 0 radical (unpaired) electrons. The summed E-state index contributed by atoms with van der Waals surface area (Å²) in [5.41, 5.74) is 0.799. The fraction of sp³-hybridized carbons (Fsp3) is 0.500. The van der Waals surface area contributed by atoms with Gasteiger partial charge in [0.25, 0.3) is 0 Å². The SMILES string of the molecule is O[C@H]1CCCC[C@@]12CCC=C(c1ccccc1)O2. The molecule has 0 amide bonds. The quantitative estimate of drug-likeness (QED) is 0.819. The van der Waals surface area contributed by atoms with Crippen LogP contribution in [0.4, 0.5) is 0 Å². The van der Waals surface area contributed by atoms with E-state index in [2.05, 4.69) is 18.2 Å². The number of rotatable bonds is 1. The minimum Gasteiger partial charge on any atom is -0.484 e. The first kappa shape index (κ1) is 11.8. The smallest absolute Gasteiger partial charge is 0.135 e. The largest absolute Gasteiger partial charge is 0.484 e. The summed E-state index contributed by atoms with van der Waals surface area (Å²) >= 11 is 0. The third-order valence-electron chi connectivity index (χ3n) is 4.20. The summed E-state index contributed by atoms with van der Waals surface area (Å²) in [6.45, 7) is 0. The van der Waals surface area contributed by atoms with E-state index in [1.165, 1.54) is 6.42 Å². The highest BCUT2D eigenvalue weighted by Crippen LogP contribution is 2.42. The first-order valence-corrected chi connectivity index (χ1v) is 6.93. The molecule has 3 rings (SSSR count). The molecule has 0 unspecified atom stereocenters. The predicted molar refractivity (Wildman–Crippen MR) is 71.9 cm³/mol. The second kappa shape index (κ2) is 4.77. The number of aliphatic hydroxyl groups excluding tert-OH is 1. The molecule has 0 bridgehead atoms. The number of hydrogen-bond donors (Lipinski definition) is 1. The molecular weight excluding hydrogens is 224 g/mol. The van der Waals surface area contributed by atoms with Crippen LogP contribution in [0.2, 0.25) is 0 Å². The minimum atomic E-state index is -0.321. The van der Waals surface area contributed by atoms with Crippen molar-refractivity contribution in [3.8, 4) is 0 Å². The lowest BCUT2D eigenvalue weighted by Crippen LogP contribution is -2.47. The summed E-state index contributed by atoms with van der Waals surface area (Å²) in [5.74, 6) is 0.947. The Morgan fingerprint density at radius 2 is 1.94 bits per heavy atom. The van der Waals surface area contributed by atoms with Crippen LogP contribution in [0.1, 0.15) is 44.1 Å². The topological polar surface area (TPSA) is 29.5 Å². The van der Waals surface area contributed by atoms with Gasteiger partial charge in [-0.15, -0.1) is 0 Å². The van der Waals surface area contributed by atoms with Crippen molar-refractivity contribution in [1.29, 1.82) is 0 Å². The Morgan fingerprint density at radius 3 is 2.72 bits per heavy atom. The third-order valence-corrected chi connectivity index (χ3v) is 4.20. The van der Waals surface area contributed by atoms with Crippen molar-refractivity contribution in [2.45, 2.75) is 50.2 Å². The molecule has 1 aliphatic carbocycles. The van der Waals surface area contributed by atoms with E-state index in [0.29, 0.717) is 0 Å². The summed E-state index contributed by atoms with van der Waals surface area (Å²) < 4.78 is 6.22. The first-order valence-electron chi connectivity index (χ1n) is 6.93. The van der Waals surface area contributed by atoms with E-state index < -0.39 is 0 Å². The van der Waals surface area contributed by atoms with Crippen LogP contribution in [0.25, 0.3) is 5.76 Å². The van der Waals surface area contributed by atoms with E-state index in [9.17, 15) is 5.11 Å². The Morgan fingerprint density at radius 1 is 1.11 bits per heavy atom. The molecular formula is C16H20O2. The van der Waals surface area contributed by atoms with Gasteiger partial charge in [0.15, 0.2) is 0 Å². The van der Waals surface area contributed by atoms with E-state index in [0.717, 1.165) is 43.4 Å². The normalized spacial score (nSPS) is 31.8. The van der Waals surface area contributed by atoms with Gasteiger partial charge in [-0.3, -0.25) is 0 Å². The van der Waals surface area contributed by atoms with Gasteiger partial charge in [0, 0.05) is 5.56 Å². The van der Waals surface area contributed by atoms with Gasteiger partial charge in [-0.05, 0) is 38.2 Å². The Labute approximate surface area is 108 Å². The first-order chi connectivity index (χ1) is 8.80. The van der Waals surface area contributed by atoms with Gasteiger partial charge in [-0.2, -0.15) is 0 Å². The number of benzene rings is 1. The average molecular weight is 244 g/mol. The molecule has 1 aliphatic heterocycles. The van der Waals surface area contributed by atoms with Crippen LogP contribution in [-0.2, 0) is 4.74 Å². The zero-order valence-electron chi connectivity index (χ0n) is 10.6. The molecule has 1 aromatic carbocycles. The lowest BCUT2D eigenvalue weighted by Gasteiger charge is -2.44. The van der Waals surface area contributed by atoms with Crippen LogP contribution in [0.3, 0.4) is 0 Å². The van der Waals surface area contributed by atoms with Gasteiger partial charge in [-0.25, -0.2) is 0 Å². The molecule has 0 aromatic heterocycles. The second-order valence-corrected chi connectivity index (χ2v) is 5.40. The Hall–Kier alpha value is -1.28. The van der Waals surface area contributed by atoms with Crippen molar-refractivity contribution in [3.63, 3.8) is 0 Å². The van der Waals surface area contributed by atoms with Crippen molar-refractivity contribution >= 4 is 5.76 Å². The fourth-order valence-electron chi connectivity index (χ4n) is 3.14. The van der Waals surface area contributed by atoms with Gasteiger partial charge in [0.2, 0.25) is 0 Å². The highest BCUT2D eigenvalue weighted by atomic mass is 16.5. The standard InChI is InChI=1S/C16H20O2/c17-15-10-4-5-11-16(15)12-6-9-14(18-16)13-7-2-1-3-8-13/h1-3,7-9,15,17H,4-6,10-12H2/t15-,16+/m0/s1. The van der Waals surface area contributed by atoms with Crippen LogP contribution in [0, 0.1) is 0 Å². The maximum absolute atomic E-state index is 10.3. The minimum absolute atomic E-state index is 0.307. The molecule has 0 saturated heterocycles. The highest BCUT2D eigenvalue weighted by molar-refractivity contribution is 5.60. The molecule has 2 heteroatoms. The fourth-order valence-corrected chi connectivity index (χ4v) is 3.14. The van der Waals surface area contributed by atoms with Gasteiger partial charge in [0.05, 0.1) is 6.10 Å². The Balaban J connectivity index is 1.85. The van der Waals surface area contributed by atoms with Gasteiger partial charge < -0.3 is 9.84 Å². The molecule has 96 valence electrons. The lowest BCUT2D eigenvalue weighted by atomic mass is 9.77. The van der Waals surface area contributed by atoms with Crippen molar-refractivity contribution in [3.05, 3.63) is 42.0 Å². The van der Waals surface area contributed by atoms with E-state index in [1.54, 1.807) is 0 Å². The van der Waals surface area contributed by atoms with Crippen LogP contribution >= 0.6 is 0 Å². The number of allylic oxidation sites excluding steroid dienone is 1. The predicted octanol–water partition coefficient (Wildman–Crippen LogP) is 3.51. The van der Waals surface area contributed by atoms with Crippen molar-refractivity contribution in [2.24, 2.45) is 0 Å². The molecule has 1 N–H and O–H groups in total. The van der Waals surface area contributed by atoms with E-state index in [1.807, 2.05) is 18.2 Å². The lowest BCUT2D eigenvalue weighted by molar-refractivity contribution is -0.106. The van der Waals surface area contributed by atoms with Crippen molar-refractivity contribution in [1.82, 2.24) is 0 Å². The van der Waals surface area contributed by atoms with Gasteiger partial charge in [0.1, 0.15) is 11.4 Å². The molecule has 1 fully saturated rings. The molecule has 2 nitrogen and oxygen atoms in total. The number of aliphatic hydroxyl groups is 1. The summed E-state index contributed by atoms with van der Waals surface area (Å²) in [6.07, 6.45) is 7.95. The van der Waals surface area contributed by atoms with Crippen molar-refractivity contribution in [2.75, 3.05) is 0 Å². The summed E-state index contributed by atoms with van der Waals surface area (Å²) in [4.78, 5) is 0. The van der Waals surface area contributed by atoms with Gasteiger partial charge in [-0.1, -0.05) is 36.8 Å². The molecule has 1 spiro atoms. The van der Waals surface area contributed by atoms with Crippen LogP contribution < -0.4 is 0 Å². The average Bonchev–Trinajstić information content (AvgIpc) is 2.44. The Bertz CT molecular complexity index is 438. The molecule has 2 aliphatic rings. The zero-order valence-corrected chi connectivity index (χ0v) is 10.6. The molecule has 1 heterocycles. The molecule has 18 heavy (non-hydrogen) atoms. The van der Waals surface area contributed by atoms with Crippen molar-refractivity contribution < 1.29 is 9.84 Å². The highest BCUT2D eigenvalue weighted by Gasteiger charge is 2.43. The maximum Gasteiger partial charge on any atom is 0.135 e. The summed E-state index contributed by atoms with van der Waals surface area (Å²) in [5, 5.41) is 10.3. The second-order valence-electron chi connectivity index (χ2n) is 5.40. The van der Waals surface area contributed by atoms with Gasteiger partial charge >= 0.3 is 0 Å². The molecule has 1 aromatic rings. The van der Waals surface area contributed by atoms with Crippen LogP contribution in [0.15, 0.2) is 36.4 Å². The maximum atomic E-state index is 10.3. The van der Waals surface area contributed by atoms with E-state index >= 15 is 0 Å². The summed E-state index contributed by atoms with van der Waals surface area (Å²) in [7, 11) is 0.